The molecule has 0 amide bonds. The lowest BCUT2D eigenvalue weighted by molar-refractivity contribution is -0.172. The van der Waals surface area contributed by atoms with E-state index in [1.807, 2.05) is 19.2 Å². The van der Waals surface area contributed by atoms with Crippen molar-refractivity contribution in [2.75, 3.05) is 18.1 Å². The Bertz CT molecular complexity index is 1330. The summed E-state index contributed by atoms with van der Waals surface area (Å²) in [4.78, 5) is 30.4. The van der Waals surface area contributed by atoms with E-state index in [0.717, 1.165) is 25.7 Å². The molecule has 0 radical (unpaired) electrons. The van der Waals surface area contributed by atoms with Crippen molar-refractivity contribution < 1.29 is 14.6 Å². The summed E-state index contributed by atoms with van der Waals surface area (Å²) in [6.45, 7) is 1.88. The van der Waals surface area contributed by atoms with Gasteiger partial charge in [0.2, 0.25) is 0 Å². The number of ether oxygens (including phenoxy) is 1. The highest BCUT2D eigenvalue weighted by Gasteiger charge is 2.45. The van der Waals surface area contributed by atoms with Crippen molar-refractivity contribution in [3.63, 3.8) is 0 Å². The molecular weight excluding hydrogens is 499 g/mol. The summed E-state index contributed by atoms with van der Waals surface area (Å²) in [7, 11) is 1.82. The number of nitrogen functional groups attached to an aromatic ring is 1. The van der Waals surface area contributed by atoms with Crippen LogP contribution < -0.4 is 16.6 Å². The van der Waals surface area contributed by atoms with Gasteiger partial charge in [0.1, 0.15) is 6.61 Å². The van der Waals surface area contributed by atoms with Crippen LogP contribution in [0.5, 0.6) is 0 Å². The Kier molecular flexibility index (Phi) is 4.13. The first kappa shape index (κ1) is 19.3. The van der Waals surface area contributed by atoms with Gasteiger partial charge in [0.15, 0.2) is 5.60 Å². The molecule has 0 bridgehead atoms. The first-order chi connectivity index (χ1) is 14.3. The molecule has 4 N–H and O–H groups in total. The number of nitrogens with zero attached hydrogens (tertiary/aromatic N) is 2. The summed E-state index contributed by atoms with van der Waals surface area (Å²) in [5.41, 5.74) is 9.00. The molecule has 0 aliphatic carbocycles. The van der Waals surface area contributed by atoms with E-state index in [1.165, 1.54) is 0 Å². The quantitative estimate of drug-likeness (QED) is 0.212. The number of anilines is 2. The van der Waals surface area contributed by atoms with Gasteiger partial charge in [-0.2, -0.15) is 0 Å². The topological polar surface area (TPSA) is 119 Å². The molecule has 8 nitrogen and oxygen atoms in total. The number of halogens is 1. The number of esters is 1. The number of nitrogens with one attached hydrogen (secondary N) is 1. The van der Waals surface area contributed by atoms with Crippen LogP contribution in [-0.4, -0.2) is 27.7 Å². The lowest BCUT2D eigenvalue weighted by atomic mass is 9.86. The van der Waals surface area contributed by atoms with Crippen LogP contribution >= 0.6 is 22.6 Å². The summed E-state index contributed by atoms with van der Waals surface area (Å²) < 4.78 is 7.63. The van der Waals surface area contributed by atoms with Crippen molar-refractivity contribution >= 4 is 50.8 Å². The minimum absolute atomic E-state index is 0.110. The molecule has 2 aliphatic heterocycles. The van der Waals surface area contributed by atoms with E-state index in [0.29, 0.717) is 34.7 Å². The van der Waals surface area contributed by atoms with Crippen molar-refractivity contribution in [1.82, 2.24) is 9.55 Å². The van der Waals surface area contributed by atoms with E-state index >= 15 is 0 Å². The number of cyclic esters (lactones) is 1. The van der Waals surface area contributed by atoms with Gasteiger partial charge in [-0.3, -0.25) is 4.79 Å². The van der Waals surface area contributed by atoms with Crippen LogP contribution in [0.4, 0.5) is 11.4 Å². The van der Waals surface area contributed by atoms with E-state index in [9.17, 15) is 14.7 Å². The van der Waals surface area contributed by atoms with E-state index in [-0.39, 0.29) is 18.6 Å². The zero-order chi connectivity index (χ0) is 21.4. The average Bonchev–Trinajstić information content (AvgIpc) is 3.09. The fourth-order valence-electron chi connectivity index (χ4n) is 4.40. The highest BCUT2D eigenvalue weighted by atomic mass is 127. The number of pyridine rings is 2. The van der Waals surface area contributed by atoms with Crippen molar-refractivity contribution in [1.29, 1.82) is 0 Å². The van der Waals surface area contributed by atoms with Crippen molar-refractivity contribution in [3.05, 3.63) is 48.8 Å². The van der Waals surface area contributed by atoms with Crippen LogP contribution in [0.15, 0.2) is 23.0 Å². The van der Waals surface area contributed by atoms with Crippen LogP contribution in [-0.2, 0) is 28.3 Å². The lowest BCUT2D eigenvalue weighted by Gasteiger charge is -2.31. The highest BCUT2D eigenvalue weighted by molar-refractivity contribution is 14.1. The fourth-order valence-corrected chi connectivity index (χ4v) is 4.85. The SMILES string of the molecule is CC[C@@]1(O)C(=O)OCc2c1cc1n(c2=O)Cc2c-1nc1cc(I)c(N)cc1c2NC. The average molecular weight is 518 g/mol. The van der Waals surface area contributed by atoms with E-state index in [1.54, 1.807) is 17.6 Å². The summed E-state index contributed by atoms with van der Waals surface area (Å²) in [6, 6.07) is 5.51. The number of nitrogens with two attached hydrogens (primary N) is 1. The predicted molar refractivity (Wildman–Crippen MR) is 121 cm³/mol. The third-order valence-corrected chi connectivity index (χ3v) is 6.99. The molecule has 0 fully saturated rings. The maximum absolute atomic E-state index is 13.3. The number of carbonyl (C=O) groups is 1. The number of fused-ring (bicyclic) bond motifs is 5. The smallest absolute Gasteiger partial charge is 0.343 e. The first-order valence-corrected chi connectivity index (χ1v) is 10.6. The second kappa shape index (κ2) is 6.42. The van der Waals surface area contributed by atoms with Crippen LogP contribution in [0.3, 0.4) is 0 Å². The minimum Gasteiger partial charge on any atom is -0.458 e. The van der Waals surface area contributed by atoms with Gasteiger partial charge in [0, 0.05) is 32.8 Å². The van der Waals surface area contributed by atoms with Crippen LogP contribution in [0, 0.1) is 3.57 Å². The molecular formula is C21H19IN4O4. The normalized spacial score (nSPS) is 19.3. The highest BCUT2D eigenvalue weighted by Crippen LogP contribution is 2.42. The molecule has 154 valence electrons. The summed E-state index contributed by atoms with van der Waals surface area (Å²) in [6.07, 6.45) is 0.110. The third-order valence-electron chi connectivity index (χ3n) is 6.06. The van der Waals surface area contributed by atoms with Gasteiger partial charge >= 0.3 is 5.97 Å². The van der Waals surface area contributed by atoms with E-state index in [4.69, 9.17) is 15.5 Å². The maximum atomic E-state index is 13.3. The number of hydrogen-bond acceptors (Lipinski definition) is 7. The van der Waals surface area contributed by atoms with Crippen molar-refractivity contribution in [2.45, 2.75) is 32.1 Å². The number of rotatable bonds is 2. The second-order valence-electron chi connectivity index (χ2n) is 7.56. The molecule has 2 aromatic heterocycles. The molecule has 0 unspecified atom stereocenters. The van der Waals surface area contributed by atoms with Gasteiger partial charge in [-0.15, -0.1) is 0 Å². The van der Waals surface area contributed by atoms with Gasteiger partial charge in [-0.05, 0) is 47.2 Å². The Hall–Kier alpha value is -2.66. The fraction of sp³-hybridized carbons (Fsp3) is 0.286. The van der Waals surface area contributed by atoms with E-state index in [2.05, 4.69) is 27.9 Å². The number of benzene rings is 1. The Balaban J connectivity index is 1.84. The summed E-state index contributed by atoms with van der Waals surface area (Å²) in [5.74, 6) is -0.729. The van der Waals surface area contributed by atoms with Gasteiger partial charge in [0.05, 0.1) is 34.7 Å². The monoisotopic (exact) mass is 518 g/mol. The number of carbonyl (C=O) groups excluding carboxylic acids is 1. The molecule has 1 aromatic carbocycles. The molecule has 0 saturated carbocycles. The molecule has 4 heterocycles. The van der Waals surface area contributed by atoms with Crippen molar-refractivity contribution in [3.8, 4) is 11.4 Å². The number of aliphatic hydroxyl groups is 1. The summed E-state index contributed by atoms with van der Waals surface area (Å²) in [5, 5.41) is 15.1. The number of aromatic nitrogens is 2. The van der Waals surface area contributed by atoms with Crippen LogP contribution in [0.2, 0.25) is 0 Å². The van der Waals surface area contributed by atoms with Gasteiger partial charge in [-0.1, -0.05) is 6.92 Å². The molecule has 3 aromatic rings. The summed E-state index contributed by atoms with van der Waals surface area (Å²) >= 11 is 2.16. The van der Waals surface area contributed by atoms with Gasteiger partial charge in [0.25, 0.3) is 5.56 Å². The second-order valence-corrected chi connectivity index (χ2v) is 8.72. The minimum atomic E-state index is -1.84. The van der Waals surface area contributed by atoms with Crippen LogP contribution in [0.25, 0.3) is 22.3 Å². The first-order valence-electron chi connectivity index (χ1n) is 9.56. The molecule has 0 spiro atoms. The molecule has 0 saturated heterocycles. The molecule has 9 heteroatoms. The predicted octanol–water partition coefficient (Wildman–Crippen LogP) is 2.31. The Labute approximate surface area is 185 Å². The molecule has 2 aliphatic rings. The zero-order valence-corrected chi connectivity index (χ0v) is 18.5. The Morgan fingerprint density at radius 1 is 1.33 bits per heavy atom. The Morgan fingerprint density at radius 2 is 2.10 bits per heavy atom. The van der Waals surface area contributed by atoms with Crippen LogP contribution in [0.1, 0.15) is 30.0 Å². The van der Waals surface area contributed by atoms with Gasteiger partial charge < -0.3 is 25.5 Å². The molecule has 5 rings (SSSR count). The Morgan fingerprint density at radius 3 is 2.80 bits per heavy atom. The maximum Gasteiger partial charge on any atom is 0.343 e. The molecule has 30 heavy (non-hydrogen) atoms. The van der Waals surface area contributed by atoms with Gasteiger partial charge in [-0.25, -0.2) is 9.78 Å². The molecule has 1 atom stereocenters. The number of hydrogen-bond donors (Lipinski definition) is 3. The zero-order valence-electron chi connectivity index (χ0n) is 16.4. The third kappa shape index (κ3) is 2.38. The van der Waals surface area contributed by atoms with E-state index < -0.39 is 11.6 Å². The lowest BCUT2D eigenvalue weighted by Crippen LogP contribution is -2.44. The van der Waals surface area contributed by atoms with Crippen molar-refractivity contribution in [2.24, 2.45) is 0 Å². The largest absolute Gasteiger partial charge is 0.458 e. The standard InChI is InChI=1S/C21H19IN4O4/c1-3-21(29)12-5-16-18-10(7-26(16)19(27)11(12)8-30-20(21)28)17(24-2)9-4-14(23)13(22)6-15(9)25-18/h4-6,29H,3,7-8,23H2,1-2H3,(H,24,25)/t21-/m0/s1.